The summed E-state index contributed by atoms with van der Waals surface area (Å²) in [5, 5.41) is 4.08. The third kappa shape index (κ3) is 13.8. The average molecular weight is 263 g/mol. The summed E-state index contributed by atoms with van der Waals surface area (Å²) >= 11 is 12.3. The summed E-state index contributed by atoms with van der Waals surface area (Å²) in [5.41, 5.74) is 0. The van der Waals surface area contributed by atoms with Crippen molar-refractivity contribution in [2.24, 2.45) is 0 Å². The average Bonchev–Trinajstić information content (AvgIpc) is 2.42. The molecule has 0 aliphatic rings. The van der Waals surface area contributed by atoms with Crippen LogP contribution >= 0.6 is 34.5 Å². The van der Waals surface area contributed by atoms with E-state index in [1.807, 2.05) is 47.2 Å². The maximum absolute atomic E-state index is 5.32. The molecule has 0 nitrogen and oxygen atoms in total. The van der Waals surface area contributed by atoms with Gasteiger partial charge in [0.1, 0.15) is 0 Å². The van der Waals surface area contributed by atoms with Gasteiger partial charge in [-0.25, -0.2) is 0 Å². The van der Waals surface area contributed by atoms with Crippen LogP contribution in [-0.2, 0) is 0 Å². The van der Waals surface area contributed by atoms with Crippen molar-refractivity contribution in [1.82, 2.24) is 0 Å². The van der Waals surface area contributed by atoms with E-state index in [2.05, 4.69) is 0 Å². The van der Waals surface area contributed by atoms with Crippen molar-refractivity contribution in [3.05, 3.63) is 47.2 Å². The van der Waals surface area contributed by atoms with Gasteiger partial charge in [0.2, 0.25) is 0 Å². The second-order valence-electron chi connectivity index (χ2n) is 2.65. The van der Waals surface area contributed by atoms with E-state index in [-0.39, 0.29) is 0 Å². The van der Waals surface area contributed by atoms with E-state index in [0.29, 0.717) is 0 Å². The van der Waals surface area contributed by atoms with Crippen molar-refractivity contribution in [3.63, 3.8) is 0 Å². The Morgan fingerprint density at radius 1 is 0.667 bits per heavy atom. The molecule has 0 amide bonds. The molecule has 1 rings (SSSR count). The molecule has 0 saturated heterocycles. The number of hydrogen-bond acceptors (Lipinski definition) is 1. The van der Waals surface area contributed by atoms with Crippen molar-refractivity contribution in [1.29, 1.82) is 0 Å². The predicted molar refractivity (Wildman–Crippen MR) is 72.6 cm³/mol. The Bertz CT molecular complexity index is 180. The minimum Gasteiger partial charge on any atom is -0.152 e. The molecule has 0 aromatic carbocycles. The molecule has 3 heteroatoms. The van der Waals surface area contributed by atoms with Crippen LogP contribution < -0.4 is 0 Å². The zero-order valence-electron chi connectivity index (χ0n) is 8.61. The quantitative estimate of drug-likeness (QED) is 0.524. The maximum Gasteiger partial charge on any atom is 0.0223 e. The van der Waals surface area contributed by atoms with Gasteiger partial charge in [-0.3, -0.25) is 0 Å². The molecule has 0 aliphatic heterocycles. The van der Waals surface area contributed by atoms with Gasteiger partial charge in [-0.15, -0.1) is 23.2 Å². The van der Waals surface area contributed by atoms with Crippen molar-refractivity contribution in [2.45, 2.75) is 12.8 Å². The van der Waals surface area contributed by atoms with Gasteiger partial charge < -0.3 is 0 Å². The molecule has 0 spiro atoms. The van der Waals surface area contributed by atoms with E-state index in [9.17, 15) is 0 Å². The van der Waals surface area contributed by atoms with Crippen LogP contribution in [0.3, 0.4) is 0 Å². The van der Waals surface area contributed by atoms with E-state index in [1.165, 1.54) is 0 Å². The Morgan fingerprint density at radius 3 is 1.47 bits per heavy atom. The van der Waals surface area contributed by atoms with Crippen LogP contribution in [0.4, 0.5) is 0 Å². The lowest BCUT2D eigenvalue weighted by Crippen LogP contribution is -1.74. The molecular formula is C12H16Cl2S. The minimum atomic E-state index is 0.743. The fraction of sp³-hybridized carbons (Fsp3) is 0.333. The van der Waals surface area contributed by atoms with Gasteiger partial charge in [-0.05, 0) is 23.6 Å². The fourth-order valence-corrected chi connectivity index (χ4v) is 1.50. The molecule has 0 atom stereocenters. The Balaban J connectivity index is 0.000000288. The van der Waals surface area contributed by atoms with Crippen LogP contribution in [0.1, 0.15) is 12.8 Å². The van der Waals surface area contributed by atoms with Crippen LogP contribution in [0, 0.1) is 0 Å². The van der Waals surface area contributed by atoms with Gasteiger partial charge >= 0.3 is 0 Å². The van der Waals surface area contributed by atoms with Gasteiger partial charge in [0.25, 0.3) is 0 Å². The molecule has 0 radical (unpaired) electrons. The molecule has 1 aromatic heterocycles. The van der Waals surface area contributed by atoms with Crippen LogP contribution in [0.2, 0.25) is 0 Å². The van der Waals surface area contributed by atoms with Gasteiger partial charge in [0.05, 0.1) is 0 Å². The molecule has 0 unspecified atom stereocenters. The third-order valence-corrected chi connectivity index (χ3v) is 2.55. The molecule has 0 aliphatic carbocycles. The largest absolute Gasteiger partial charge is 0.152 e. The first-order valence-electron chi connectivity index (χ1n) is 4.84. The lowest BCUT2D eigenvalue weighted by Gasteiger charge is -1.83. The normalized spacial score (nSPS) is 8.40. The summed E-state index contributed by atoms with van der Waals surface area (Å²) in [7, 11) is 0. The van der Waals surface area contributed by atoms with Crippen LogP contribution in [-0.4, -0.2) is 11.8 Å². The highest BCUT2D eigenvalue weighted by Crippen LogP contribution is 1.92. The minimum absolute atomic E-state index is 0.743. The topological polar surface area (TPSA) is 0 Å². The van der Waals surface area contributed by atoms with E-state index < -0.39 is 0 Å². The Labute approximate surface area is 106 Å². The van der Waals surface area contributed by atoms with Crippen LogP contribution in [0.25, 0.3) is 0 Å². The van der Waals surface area contributed by atoms with E-state index >= 15 is 0 Å². The van der Waals surface area contributed by atoms with Crippen LogP contribution in [0.5, 0.6) is 0 Å². The molecule has 1 aromatic rings. The molecule has 84 valence electrons. The third-order valence-electron chi connectivity index (χ3n) is 1.39. The van der Waals surface area contributed by atoms with Crippen LogP contribution in [0.15, 0.2) is 47.2 Å². The zero-order valence-corrected chi connectivity index (χ0v) is 10.9. The van der Waals surface area contributed by atoms with Gasteiger partial charge in [0.15, 0.2) is 0 Å². The number of hydrogen-bond donors (Lipinski definition) is 0. The van der Waals surface area contributed by atoms with Crippen molar-refractivity contribution in [2.75, 3.05) is 11.8 Å². The molecule has 0 fully saturated rings. The first kappa shape index (κ1) is 14.8. The number of rotatable bonds is 3. The Kier molecular flexibility index (Phi) is 13.5. The predicted octanol–water partition coefficient (Wildman–Crippen LogP) is 5.12. The summed E-state index contributed by atoms with van der Waals surface area (Å²) in [5.74, 6) is 1.49. The van der Waals surface area contributed by atoms with E-state index in [0.717, 1.165) is 24.6 Å². The SMILES string of the molecule is ClCCCCCl.c1ccccsccc1. The summed E-state index contributed by atoms with van der Waals surface area (Å²) < 4.78 is 0. The second-order valence-corrected chi connectivity index (χ2v) is 4.22. The highest BCUT2D eigenvalue weighted by molar-refractivity contribution is 7.07. The van der Waals surface area contributed by atoms with Crippen molar-refractivity contribution < 1.29 is 0 Å². The molecule has 0 saturated carbocycles. The lowest BCUT2D eigenvalue weighted by molar-refractivity contribution is 0.899. The Hall–Kier alpha value is -0.240. The molecule has 15 heavy (non-hydrogen) atoms. The summed E-state index contributed by atoms with van der Waals surface area (Å²) in [4.78, 5) is 0. The second kappa shape index (κ2) is 13.8. The molecule has 0 N–H and O–H groups in total. The highest BCUT2D eigenvalue weighted by Gasteiger charge is 1.78. The monoisotopic (exact) mass is 262 g/mol. The van der Waals surface area contributed by atoms with Gasteiger partial charge in [-0.1, -0.05) is 36.4 Å². The molecule has 0 bridgehead atoms. The number of halogens is 2. The Morgan fingerprint density at radius 2 is 1.07 bits per heavy atom. The van der Waals surface area contributed by atoms with Crippen molar-refractivity contribution >= 4 is 34.5 Å². The maximum atomic E-state index is 5.32. The summed E-state index contributed by atoms with van der Waals surface area (Å²) in [6.07, 6.45) is 2.09. The summed E-state index contributed by atoms with van der Waals surface area (Å²) in [6, 6.07) is 12.1. The van der Waals surface area contributed by atoms with Gasteiger partial charge in [0, 0.05) is 11.8 Å². The lowest BCUT2D eigenvalue weighted by atomic mass is 10.4. The fourth-order valence-electron chi connectivity index (χ4n) is 0.672. The summed E-state index contributed by atoms with van der Waals surface area (Å²) in [6.45, 7) is 0. The van der Waals surface area contributed by atoms with Crippen molar-refractivity contribution in [3.8, 4) is 0 Å². The standard InChI is InChI=1S/C8H8S.C4H8Cl2/c1-2-4-6-8-9-7-5-3-1;5-3-1-2-4-6/h1-8H;1-4H2. The molecular weight excluding hydrogens is 247 g/mol. The number of unbranched alkanes of at least 4 members (excludes halogenated alkanes) is 1. The smallest absolute Gasteiger partial charge is 0.0223 e. The van der Waals surface area contributed by atoms with Gasteiger partial charge in [-0.2, -0.15) is 11.3 Å². The molecule has 1 heterocycles. The van der Waals surface area contributed by atoms with E-state index in [4.69, 9.17) is 23.2 Å². The first-order chi connectivity index (χ1) is 7.41. The number of alkyl halides is 2. The zero-order chi connectivity index (χ0) is 11.2. The first-order valence-corrected chi connectivity index (χ1v) is 6.85. The highest BCUT2D eigenvalue weighted by atomic mass is 35.5. The van der Waals surface area contributed by atoms with E-state index in [1.54, 1.807) is 11.3 Å².